The highest BCUT2D eigenvalue weighted by Crippen LogP contribution is 2.41. The number of carbonyl (C=O) groups excluding carboxylic acids is 1. The van der Waals surface area contributed by atoms with Crippen molar-refractivity contribution < 1.29 is 18.0 Å². The molecule has 5 rings (SSSR count). The summed E-state index contributed by atoms with van der Waals surface area (Å²) in [6.45, 7) is 12.4. The van der Waals surface area contributed by atoms with Crippen molar-refractivity contribution in [3.63, 3.8) is 0 Å². The van der Waals surface area contributed by atoms with E-state index >= 15 is 0 Å². The average Bonchev–Trinajstić information content (AvgIpc) is 3.27. The van der Waals surface area contributed by atoms with Crippen LogP contribution in [0.5, 0.6) is 0 Å². The molecule has 9 heteroatoms. The maximum absolute atomic E-state index is 13.2. The highest BCUT2D eigenvalue weighted by atomic mass is 19.4. The summed E-state index contributed by atoms with van der Waals surface area (Å²) in [5.74, 6) is 0.0180. The lowest BCUT2D eigenvalue weighted by Gasteiger charge is -2.52. The van der Waals surface area contributed by atoms with Crippen LogP contribution in [0.2, 0.25) is 0 Å². The van der Waals surface area contributed by atoms with E-state index in [4.69, 9.17) is 0 Å². The van der Waals surface area contributed by atoms with Gasteiger partial charge >= 0.3 is 6.18 Å². The average molecular weight is 516 g/mol. The second kappa shape index (κ2) is 9.66. The molecule has 0 saturated carbocycles. The summed E-state index contributed by atoms with van der Waals surface area (Å²) in [4.78, 5) is 28.6. The first kappa shape index (κ1) is 26.1. The van der Waals surface area contributed by atoms with E-state index in [-0.39, 0.29) is 17.5 Å². The number of hydrogen-bond acceptors (Lipinski definition) is 5. The lowest BCUT2D eigenvalue weighted by atomic mass is 9.86. The number of halogens is 3. The number of amides is 1. The van der Waals surface area contributed by atoms with Crippen LogP contribution in [0.3, 0.4) is 0 Å². The lowest BCUT2D eigenvalue weighted by molar-refractivity contribution is -0.137. The first-order valence-electron chi connectivity index (χ1n) is 13.3. The zero-order valence-corrected chi connectivity index (χ0v) is 22.1. The Morgan fingerprint density at radius 1 is 1.05 bits per heavy atom. The fourth-order valence-electron chi connectivity index (χ4n) is 6.61. The van der Waals surface area contributed by atoms with E-state index in [1.807, 2.05) is 18.7 Å². The quantitative estimate of drug-likeness (QED) is 0.588. The number of carbonyl (C=O) groups is 1. The van der Waals surface area contributed by atoms with Gasteiger partial charge in [-0.25, -0.2) is 9.97 Å². The van der Waals surface area contributed by atoms with E-state index in [2.05, 4.69) is 33.6 Å². The van der Waals surface area contributed by atoms with Crippen LogP contribution in [-0.4, -0.2) is 74.9 Å². The van der Waals surface area contributed by atoms with Crippen LogP contribution in [0.15, 0.2) is 24.5 Å². The molecule has 0 N–H and O–H groups in total. The van der Waals surface area contributed by atoms with Gasteiger partial charge in [-0.05, 0) is 76.6 Å². The summed E-state index contributed by atoms with van der Waals surface area (Å²) >= 11 is 0. The normalized spacial score (nSPS) is 24.8. The monoisotopic (exact) mass is 515 g/mol. The molecule has 1 aromatic carbocycles. The Bertz CT molecular complexity index is 1150. The molecule has 0 spiro atoms. The second-order valence-corrected chi connectivity index (χ2v) is 11.2. The smallest absolute Gasteiger partial charge is 0.338 e. The molecule has 0 bridgehead atoms. The molecule has 1 unspecified atom stereocenters. The number of benzene rings is 1. The zero-order valence-electron chi connectivity index (χ0n) is 22.1. The summed E-state index contributed by atoms with van der Waals surface area (Å²) in [6.07, 6.45) is 0.586. The van der Waals surface area contributed by atoms with Gasteiger partial charge in [-0.2, -0.15) is 13.2 Å². The summed E-state index contributed by atoms with van der Waals surface area (Å²) in [5, 5.41) is 0. The fourth-order valence-corrected chi connectivity index (χ4v) is 6.61. The second-order valence-electron chi connectivity index (χ2n) is 11.2. The van der Waals surface area contributed by atoms with Gasteiger partial charge < -0.3 is 4.90 Å². The Morgan fingerprint density at radius 2 is 1.73 bits per heavy atom. The van der Waals surface area contributed by atoms with Crippen LogP contribution in [0.1, 0.15) is 77.6 Å². The molecule has 2 aliphatic heterocycles. The van der Waals surface area contributed by atoms with E-state index < -0.39 is 11.7 Å². The Labute approximate surface area is 216 Å². The number of piperazine rings is 1. The molecule has 6 nitrogen and oxygen atoms in total. The third-order valence-corrected chi connectivity index (χ3v) is 8.93. The number of alkyl halides is 3. The third kappa shape index (κ3) is 4.88. The Balaban J connectivity index is 1.22. The van der Waals surface area contributed by atoms with Crippen LogP contribution in [0, 0.1) is 13.8 Å². The summed E-state index contributed by atoms with van der Waals surface area (Å²) in [6, 6.07) is 4.76. The van der Waals surface area contributed by atoms with E-state index in [1.165, 1.54) is 18.5 Å². The molecule has 2 fully saturated rings. The van der Waals surface area contributed by atoms with Gasteiger partial charge in [-0.15, -0.1) is 0 Å². The SMILES string of the molecule is Cc1ncnc(C)c1C(=O)N1CCC(C)(N2CCN(C3CCc4cc(C(F)(F)F)ccc43)[C@@H](C)C2)CC1. The van der Waals surface area contributed by atoms with Crippen molar-refractivity contribution in [1.29, 1.82) is 0 Å². The molecular formula is C28H36F3N5O. The largest absolute Gasteiger partial charge is 0.416 e. The number of nitrogens with zero attached hydrogens (tertiary/aromatic N) is 5. The number of rotatable bonds is 3. The molecule has 2 aromatic rings. The minimum atomic E-state index is -4.30. The molecule has 3 heterocycles. The molecule has 1 aromatic heterocycles. The van der Waals surface area contributed by atoms with E-state index in [0.717, 1.165) is 61.4 Å². The molecule has 3 aliphatic rings. The number of aromatic nitrogens is 2. The van der Waals surface area contributed by atoms with Crippen molar-refractivity contribution >= 4 is 5.91 Å². The standard InChI is InChI=1S/C28H36F3N5O/c1-18-16-35(13-14-36(18)24-8-5-21-15-22(28(29,30)31)6-7-23(21)24)27(4)9-11-34(12-10-27)26(37)25-19(2)32-17-33-20(25)3/h6-7,15,17-18,24H,5,8-14,16H2,1-4H3/t18-,24?/m0/s1. The van der Waals surface area contributed by atoms with Crippen molar-refractivity contribution in [1.82, 2.24) is 24.7 Å². The Kier molecular flexibility index (Phi) is 6.81. The highest BCUT2D eigenvalue weighted by molar-refractivity contribution is 5.96. The molecule has 2 saturated heterocycles. The van der Waals surface area contributed by atoms with Gasteiger partial charge in [-0.3, -0.25) is 14.6 Å². The highest BCUT2D eigenvalue weighted by Gasteiger charge is 2.42. The molecule has 1 amide bonds. The number of fused-ring (bicyclic) bond motifs is 1. The van der Waals surface area contributed by atoms with Gasteiger partial charge in [0.05, 0.1) is 22.5 Å². The minimum Gasteiger partial charge on any atom is -0.338 e. The lowest BCUT2D eigenvalue weighted by Crippen LogP contribution is -2.62. The van der Waals surface area contributed by atoms with Crippen LogP contribution in [-0.2, 0) is 12.6 Å². The first-order valence-corrected chi connectivity index (χ1v) is 13.3. The third-order valence-electron chi connectivity index (χ3n) is 8.93. The van der Waals surface area contributed by atoms with Crippen LogP contribution >= 0.6 is 0 Å². The molecule has 0 radical (unpaired) electrons. The Morgan fingerprint density at radius 3 is 2.35 bits per heavy atom. The van der Waals surface area contributed by atoms with Crippen molar-refractivity contribution in [2.75, 3.05) is 32.7 Å². The van der Waals surface area contributed by atoms with Crippen molar-refractivity contribution in [3.05, 3.63) is 58.2 Å². The number of hydrogen-bond donors (Lipinski definition) is 0. The van der Waals surface area contributed by atoms with Crippen molar-refractivity contribution in [2.45, 2.75) is 77.2 Å². The van der Waals surface area contributed by atoms with Gasteiger partial charge in [0.15, 0.2) is 0 Å². The molecular weight excluding hydrogens is 479 g/mol. The predicted molar refractivity (Wildman–Crippen MR) is 135 cm³/mol. The molecule has 2 atom stereocenters. The van der Waals surface area contributed by atoms with Gasteiger partial charge in [0.2, 0.25) is 0 Å². The maximum atomic E-state index is 13.2. The molecule has 200 valence electrons. The topological polar surface area (TPSA) is 52.6 Å². The van der Waals surface area contributed by atoms with E-state index in [9.17, 15) is 18.0 Å². The number of likely N-dealkylation sites (tertiary alicyclic amines) is 1. The summed E-state index contributed by atoms with van der Waals surface area (Å²) in [5.41, 5.74) is 3.43. The predicted octanol–water partition coefficient (Wildman–Crippen LogP) is 4.80. The van der Waals surface area contributed by atoms with E-state index in [0.29, 0.717) is 31.1 Å². The number of piperidine rings is 1. The van der Waals surface area contributed by atoms with Crippen molar-refractivity contribution in [3.8, 4) is 0 Å². The van der Waals surface area contributed by atoms with Gasteiger partial charge in [-0.1, -0.05) is 6.07 Å². The molecule has 37 heavy (non-hydrogen) atoms. The summed E-state index contributed by atoms with van der Waals surface area (Å²) < 4.78 is 39.5. The van der Waals surface area contributed by atoms with Crippen molar-refractivity contribution in [2.24, 2.45) is 0 Å². The van der Waals surface area contributed by atoms with Gasteiger partial charge in [0.25, 0.3) is 5.91 Å². The fraction of sp³-hybridized carbons (Fsp3) is 0.607. The Hall–Kier alpha value is -2.52. The van der Waals surface area contributed by atoms with Crippen LogP contribution < -0.4 is 0 Å². The van der Waals surface area contributed by atoms with E-state index in [1.54, 1.807) is 6.07 Å². The minimum absolute atomic E-state index is 0.0175. The first-order chi connectivity index (χ1) is 17.5. The summed E-state index contributed by atoms with van der Waals surface area (Å²) in [7, 11) is 0. The van der Waals surface area contributed by atoms with Gasteiger partial charge in [0.1, 0.15) is 6.33 Å². The van der Waals surface area contributed by atoms with Crippen LogP contribution in [0.25, 0.3) is 0 Å². The van der Waals surface area contributed by atoms with Gasteiger partial charge in [0, 0.05) is 50.3 Å². The zero-order chi connectivity index (χ0) is 26.5. The molecule has 1 aliphatic carbocycles. The van der Waals surface area contributed by atoms with Crippen LogP contribution in [0.4, 0.5) is 13.2 Å². The maximum Gasteiger partial charge on any atom is 0.416 e. The number of aryl methyl sites for hydroxylation is 3.